The molecule has 3 rings (SSSR count). The third-order valence-electron chi connectivity index (χ3n) is 4.08. The standard InChI is InChI=1S/C17H19NO2/c1-11(19)18-10-14-9-15(20)8-13-7-6-12-4-2-3-5-16(12)17(13)14/h2-7,14-15,20H,8-10H2,1H3,(H,18,19). The summed E-state index contributed by atoms with van der Waals surface area (Å²) in [7, 11) is 0. The summed E-state index contributed by atoms with van der Waals surface area (Å²) < 4.78 is 0. The molecule has 3 nitrogen and oxygen atoms in total. The second kappa shape index (κ2) is 5.25. The Hall–Kier alpha value is -1.87. The average Bonchev–Trinajstić information content (AvgIpc) is 2.44. The molecule has 20 heavy (non-hydrogen) atoms. The van der Waals surface area contributed by atoms with Crippen molar-refractivity contribution < 1.29 is 9.90 Å². The summed E-state index contributed by atoms with van der Waals surface area (Å²) in [6, 6.07) is 12.5. The number of fused-ring (bicyclic) bond motifs is 3. The van der Waals surface area contributed by atoms with Crippen LogP contribution < -0.4 is 5.32 Å². The van der Waals surface area contributed by atoms with E-state index in [0.717, 1.165) is 0 Å². The lowest BCUT2D eigenvalue weighted by Crippen LogP contribution is -2.32. The van der Waals surface area contributed by atoms with Crippen molar-refractivity contribution in [1.29, 1.82) is 0 Å². The van der Waals surface area contributed by atoms with Gasteiger partial charge in [0, 0.05) is 19.4 Å². The van der Waals surface area contributed by atoms with Crippen LogP contribution in [0.2, 0.25) is 0 Å². The number of carbonyl (C=O) groups excluding carboxylic acids is 1. The first-order valence-electron chi connectivity index (χ1n) is 7.08. The maximum atomic E-state index is 11.2. The summed E-state index contributed by atoms with van der Waals surface area (Å²) >= 11 is 0. The summed E-state index contributed by atoms with van der Waals surface area (Å²) in [5.74, 6) is 0.163. The van der Waals surface area contributed by atoms with Gasteiger partial charge in [0.2, 0.25) is 5.91 Å². The molecule has 2 N–H and O–H groups in total. The Morgan fingerprint density at radius 1 is 1.30 bits per heavy atom. The fourth-order valence-electron chi connectivity index (χ4n) is 3.24. The molecule has 0 spiro atoms. The fourth-order valence-corrected chi connectivity index (χ4v) is 3.24. The highest BCUT2D eigenvalue weighted by Crippen LogP contribution is 2.36. The molecule has 1 amide bonds. The van der Waals surface area contributed by atoms with Gasteiger partial charge in [0.1, 0.15) is 0 Å². The lowest BCUT2D eigenvalue weighted by Gasteiger charge is -2.30. The zero-order valence-electron chi connectivity index (χ0n) is 11.6. The Morgan fingerprint density at radius 3 is 2.90 bits per heavy atom. The van der Waals surface area contributed by atoms with Crippen molar-refractivity contribution in [3.63, 3.8) is 0 Å². The fraction of sp³-hybridized carbons (Fsp3) is 0.353. The monoisotopic (exact) mass is 269 g/mol. The zero-order valence-corrected chi connectivity index (χ0v) is 11.6. The van der Waals surface area contributed by atoms with Crippen LogP contribution >= 0.6 is 0 Å². The largest absolute Gasteiger partial charge is 0.393 e. The SMILES string of the molecule is CC(=O)NCC1CC(O)Cc2ccc3ccccc3c21. The Bertz CT molecular complexity index is 650. The van der Waals surface area contributed by atoms with E-state index in [2.05, 4.69) is 29.6 Å². The Labute approximate surface area is 118 Å². The molecule has 1 aliphatic rings. The number of carbonyl (C=O) groups is 1. The maximum Gasteiger partial charge on any atom is 0.216 e. The molecule has 0 fully saturated rings. The number of benzene rings is 2. The molecule has 0 heterocycles. The number of aliphatic hydroxyl groups excluding tert-OH is 1. The molecule has 2 aromatic rings. The predicted molar refractivity (Wildman–Crippen MR) is 79.7 cm³/mol. The highest BCUT2D eigenvalue weighted by molar-refractivity contribution is 5.87. The molecular formula is C17H19NO2. The van der Waals surface area contributed by atoms with Gasteiger partial charge in [-0.2, -0.15) is 0 Å². The van der Waals surface area contributed by atoms with Gasteiger partial charge in [-0.25, -0.2) is 0 Å². The first kappa shape index (κ1) is 13.1. The number of hydrogen-bond acceptors (Lipinski definition) is 2. The van der Waals surface area contributed by atoms with Crippen LogP contribution in [0.1, 0.15) is 30.4 Å². The summed E-state index contributed by atoms with van der Waals surface area (Å²) in [4.78, 5) is 11.2. The molecule has 0 saturated carbocycles. The number of nitrogens with one attached hydrogen (secondary N) is 1. The minimum Gasteiger partial charge on any atom is -0.393 e. The topological polar surface area (TPSA) is 49.3 Å². The molecule has 0 aromatic heterocycles. The van der Waals surface area contributed by atoms with Crippen molar-refractivity contribution in [2.24, 2.45) is 0 Å². The number of aliphatic hydroxyl groups is 1. The van der Waals surface area contributed by atoms with E-state index in [1.807, 2.05) is 12.1 Å². The van der Waals surface area contributed by atoms with Crippen molar-refractivity contribution in [3.05, 3.63) is 47.5 Å². The second-order valence-electron chi connectivity index (χ2n) is 5.59. The molecule has 2 atom stereocenters. The molecule has 2 unspecified atom stereocenters. The van der Waals surface area contributed by atoms with Crippen molar-refractivity contribution in [2.45, 2.75) is 31.8 Å². The molecule has 0 radical (unpaired) electrons. The predicted octanol–water partition coefficient (Wildman–Crippen LogP) is 2.37. The van der Waals surface area contributed by atoms with E-state index in [1.165, 1.54) is 28.8 Å². The molecule has 3 heteroatoms. The van der Waals surface area contributed by atoms with Gasteiger partial charge in [-0.3, -0.25) is 4.79 Å². The normalized spacial score (nSPS) is 21.5. The first-order valence-corrected chi connectivity index (χ1v) is 7.08. The minimum absolute atomic E-state index is 0.0214. The van der Waals surface area contributed by atoms with Gasteiger partial charge in [-0.1, -0.05) is 36.4 Å². The van der Waals surface area contributed by atoms with Gasteiger partial charge >= 0.3 is 0 Å². The number of hydrogen-bond donors (Lipinski definition) is 2. The van der Waals surface area contributed by atoms with Gasteiger partial charge in [0.25, 0.3) is 0 Å². The molecule has 1 aliphatic carbocycles. The maximum absolute atomic E-state index is 11.2. The van der Waals surface area contributed by atoms with E-state index in [1.54, 1.807) is 0 Å². The van der Waals surface area contributed by atoms with Crippen molar-refractivity contribution >= 4 is 16.7 Å². The summed E-state index contributed by atoms with van der Waals surface area (Å²) in [5, 5.41) is 15.4. The summed E-state index contributed by atoms with van der Waals surface area (Å²) in [6.07, 6.45) is 1.10. The quantitative estimate of drug-likeness (QED) is 0.879. The van der Waals surface area contributed by atoms with Crippen LogP contribution in [0.3, 0.4) is 0 Å². The third kappa shape index (κ3) is 2.41. The van der Waals surface area contributed by atoms with Crippen LogP contribution in [0.4, 0.5) is 0 Å². The van der Waals surface area contributed by atoms with Crippen LogP contribution in [0.25, 0.3) is 10.8 Å². The Kier molecular flexibility index (Phi) is 3.45. The minimum atomic E-state index is -0.317. The van der Waals surface area contributed by atoms with E-state index in [9.17, 15) is 9.90 Å². The number of amides is 1. The van der Waals surface area contributed by atoms with Gasteiger partial charge < -0.3 is 10.4 Å². The smallest absolute Gasteiger partial charge is 0.216 e. The average molecular weight is 269 g/mol. The van der Waals surface area contributed by atoms with E-state index in [-0.39, 0.29) is 17.9 Å². The molecular weight excluding hydrogens is 250 g/mol. The van der Waals surface area contributed by atoms with E-state index < -0.39 is 0 Å². The Morgan fingerprint density at radius 2 is 2.10 bits per heavy atom. The van der Waals surface area contributed by atoms with Crippen LogP contribution in [0.5, 0.6) is 0 Å². The van der Waals surface area contributed by atoms with Gasteiger partial charge in [-0.05, 0) is 34.7 Å². The van der Waals surface area contributed by atoms with E-state index in [4.69, 9.17) is 0 Å². The second-order valence-corrected chi connectivity index (χ2v) is 5.59. The molecule has 0 aliphatic heterocycles. The number of rotatable bonds is 2. The van der Waals surface area contributed by atoms with E-state index >= 15 is 0 Å². The van der Waals surface area contributed by atoms with Gasteiger partial charge in [0.15, 0.2) is 0 Å². The lowest BCUT2D eigenvalue weighted by molar-refractivity contribution is -0.119. The highest BCUT2D eigenvalue weighted by atomic mass is 16.3. The third-order valence-corrected chi connectivity index (χ3v) is 4.08. The van der Waals surface area contributed by atoms with Crippen molar-refractivity contribution in [1.82, 2.24) is 5.32 Å². The highest BCUT2D eigenvalue weighted by Gasteiger charge is 2.27. The molecule has 0 bridgehead atoms. The summed E-state index contributed by atoms with van der Waals surface area (Å²) in [5.41, 5.74) is 2.50. The molecule has 2 aromatic carbocycles. The van der Waals surface area contributed by atoms with Crippen LogP contribution in [-0.2, 0) is 11.2 Å². The van der Waals surface area contributed by atoms with Crippen LogP contribution in [0.15, 0.2) is 36.4 Å². The zero-order chi connectivity index (χ0) is 14.1. The van der Waals surface area contributed by atoms with Crippen molar-refractivity contribution in [2.75, 3.05) is 6.54 Å². The van der Waals surface area contributed by atoms with Crippen LogP contribution in [0, 0.1) is 0 Å². The van der Waals surface area contributed by atoms with Gasteiger partial charge in [0.05, 0.1) is 6.10 Å². The molecule has 0 saturated heterocycles. The van der Waals surface area contributed by atoms with E-state index in [0.29, 0.717) is 19.4 Å². The Balaban J connectivity index is 2.07. The molecule has 104 valence electrons. The van der Waals surface area contributed by atoms with Crippen molar-refractivity contribution in [3.8, 4) is 0 Å². The van der Waals surface area contributed by atoms with Crippen LogP contribution in [-0.4, -0.2) is 23.7 Å². The summed E-state index contributed by atoms with van der Waals surface area (Å²) in [6.45, 7) is 2.12. The first-order chi connectivity index (χ1) is 9.65. The van der Waals surface area contributed by atoms with Gasteiger partial charge in [-0.15, -0.1) is 0 Å². The lowest BCUT2D eigenvalue weighted by atomic mass is 9.78.